The van der Waals surface area contributed by atoms with Crippen LogP contribution in [0, 0.1) is 13.8 Å². The lowest BCUT2D eigenvalue weighted by Gasteiger charge is -2.20. The maximum atomic E-state index is 13.6. The van der Waals surface area contributed by atoms with Crippen LogP contribution in [0.4, 0.5) is 5.69 Å². The van der Waals surface area contributed by atoms with E-state index in [9.17, 15) is 18.3 Å². The minimum absolute atomic E-state index is 0.0421. The molecule has 0 aromatic heterocycles. The summed E-state index contributed by atoms with van der Waals surface area (Å²) in [7, 11) is -1.17. The smallest absolute Gasteiger partial charge is 0.337 e. The molecule has 0 spiro atoms. The molecule has 0 heterocycles. The number of nitrogens with two attached hydrogens (primary N) is 1. The summed E-state index contributed by atoms with van der Waals surface area (Å²) >= 11 is 0. The van der Waals surface area contributed by atoms with Crippen LogP contribution < -0.4 is 15.2 Å². The number of hydrogen-bond acceptors (Lipinski definition) is 6. The van der Waals surface area contributed by atoms with Crippen LogP contribution >= 0.6 is 0 Å². The number of methoxy groups -OCH3 is 2. The molecule has 0 saturated heterocycles. The van der Waals surface area contributed by atoms with Crippen molar-refractivity contribution in [1.82, 2.24) is 0 Å². The van der Waals surface area contributed by atoms with Crippen molar-refractivity contribution in [2.45, 2.75) is 30.1 Å². The number of carboxylic acid groups (broad SMARTS) is 1. The molecule has 3 aromatic rings. The molecular weight excluding hydrogens is 430 g/mol. The van der Waals surface area contributed by atoms with Gasteiger partial charge in [0.05, 0.1) is 29.6 Å². The van der Waals surface area contributed by atoms with Gasteiger partial charge in [-0.3, -0.25) is 0 Å². The van der Waals surface area contributed by atoms with Gasteiger partial charge in [-0.2, -0.15) is 0 Å². The molecule has 0 radical (unpaired) electrons. The molecule has 0 atom stereocenters. The molecule has 7 nitrogen and oxygen atoms in total. The topological polar surface area (TPSA) is 116 Å². The van der Waals surface area contributed by atoms with E-state index in [0.29, 0.717) is 22.6 Å². The quantitative estimate of drug-likeness (QED) is 0.517. The number of anilines is 1. The lowest BCUT2D eigenvalue weighted by molar-refractivity contribution is 0.0691. The van der Waals surface area contributed by atoms with Gasteiger partial charge in [-0.15, -0.1) is 0 Å². The summed E-state index contributed by atoms with van der Waals surface area (Å²) in [6.07, 6.45) is 0.181. The fourth-order valence-electron chi connectivity index (χ4n) is 3.72. The third kappa shape index (κ3) is 4.13. The molecule has 168 valence electrons. The number of hydrogen-bond donors (Lipinski definition) is 2. The van der Waals surface area contributed by atoms with Gasteiger partial charge in [-0.25, -0.2) is 13.2 Å². The van der Waals surface area contributed by atoms with Crippen LogP contribution in [0.25, 0.3) is 0 Å². The number of aromatic carboxylic acids is 1. The van der Waals surface area contributed by atoms with E-state index in [0.717, 1.165) is 5.56 Å². The lowest BCUT2D eigenvalue weighted by Crippen LogP contribution is -2.18. The van der Waals surface area contributed by atoms with Crippen molar-refractivity contribution in [3.05, 3.63) is 76.3 Å². The first-order chi connectivity index (χ1) is 15.1. The van der Waals surface area contributed by atoms with Gasteiger partial charge in [0.15, 0.2) is 0 Å². The maximum Gasteiger partial charge on any atom is 0.337 e. The Bertz CT molecular complexity index is 1280. The van der Waals surface area contributed by atoms with E-state index in [1.165, 1.54) is 45.4 Å². The largest absolute Gasteiger partial charge is 0.497 e. The van der Waals surface area contributed by atoms with Gasteiger partial charge in [-0.1, -0.05) is 12.1 Å². The van der Waals surface area contributed by atoms with E-state index < -0.39 is 15.8 Å². The number of ether oxygens (including phenoxy) is 2. The Morgan fingerprint density at radius 1 is 0.969 bits per heavy atom. The van der Waals surface area contributed by atoms with Crippen LogP contribution in [0.2, 0.25) is 0 Å². The fraction of sp³-hybridized carbons (Fsp3) is 0.208. The number of carbonyl (C=O) groups is 1. The second-order valence-corrected chi connectivity index (χ2v) is 9.25. The minimum atomic E-state index is -4.18. The molecule has 0 aliphatic rings. The molecule has 32 heavy (non-hydrogen) atoms. The molecule has 0 bridgehead atoms. The number of nitrogen functional groups attached to an aromatic ring is 1. The van der Waals surface area contributed by atoms with Crippen molar-refractivity contribution >= 4 is 21.5 Å². The second-order valence-electron chi connectivity index (χ2n) is 7.36. The monoisotopic (exact) mass is 455 g/mol. The number of carboxylic acids is 1. The van der Waals surface area contributed by atoms with E-state index in [4.69, 9.17) is 15.2 Å². The van der Waals surface area contributed by atoms with E-state index in [2.05, 4.69) is 0 Å². The Morgan fingerprint density at radius 2 is 1.59 bits per heavy atom. The van der Waals surface area contributed by atoms with Crippen LogP contribution in [0.5, 0.6) is 11.5 Å². The molecule has 0 aliphatic heterocycles. The average molecular weight is 456 g/mol. The van der Waals surface area contributed by atoms with Gasteiger partial charge in [0.2, 0.25) is 9.84 Å². The Labute approximate surface area is 187 Å². The average Bonchev–Trinajstić information content (AvgIpc) is 2.78. The molecule has 8 heteroatoms. The summed E-state index contributed by atoms with van der Waals surface area (Å²) in [6, 6.07) is 13.0. The summed E-state index contributed by atoms with van der Waals surface area (Å²) in [5.41, 5.74) is 8.13. The van der Waals surface area contributed by atoms with Crippen LogP contribution in [-0.4, -0.2) is 33.7 Å². The first-order valence-corrected chi connectivity index (χ1v) is 11.3. The highest BCUT2D eigenvalue weighted by atomic mass is 32.2. The van der Waals surface area contributed by atoms with Crippen LogP contribution in [0.1, 0.15) is 32.6 Å². The van der Waals surface area contributed by atoms with Gasteiger partial charge in [0.1, 0.15) is 11.5 Å². The molecule has 0 unspecified atom stereocenters. The van der Waals surface area contributed by atoms with Gasteiger partial charge in [0.25, 0.3) is 0 Å². The molecule has 0 fully saturated rings. The van der Waals surface area contributed by atoms with Crippen molar-refractivity contribution in [2.75, 3.05) is 20.0 Å². The maximum absolute atomic E-state index is 13.6. The van der Waals surface area contributed by atoms with E-state index in [1.54, 1.807) is 25.1 Å². The SMILES string of the molecule is COc1ccc(S(=O)(=O)c2c(C)c(N)c(C)c(Cc3cccc(OC)c3)c2C(=O)O)cc1. The predicted molar refractivity (Wildman–Crippen MR) is 122 cm³/mol. The summed E-state index contributed by atoms with van der Waals surface area (Å²) in [6.45, 7) is 3.23. The van der Waals surface area contributed by atoms with Crippen LogP contribution in [-0.2, 0) is 16.3 Å². The van der Waals surface area contributed by atoms with Crippen molar-refractivity contribution in [2.24, 2.45) is 0 Å². The van der Waals surface area contributed by atoms with Gasteiger partial charge >= 0.3 is 5.97 Å². The van der Waals surface area contributed by atoms with Crippen molar-refractivity contribution < 1.29 is 27.8 Å². The van der Waals surface area contributed by atoms with Gasteiger partial charge in [0, 0.05) is 5.69 Å². The third-order valence-electron chi connectivity index (χ3n) is 5.50. The lowest BCUT2D eigenvalue weighted by atomic mass is 9.91. The molecule has 3 aromatic carbocycles. The van der Waals surface area contributed by atoms with Gasteiger partial charge in [-0.05, 0) is 78.9 Å². The predicted octanol–water partition coefficient (Wildman–Crippen LogP) is 4.02. The zero-order valence-electron chi connectivity index (χ0n) is 18.3. The second kappa shape index (κ2) is 8.92. The summed E-state index contributed by atoms with van der Waals surface area (Å²) < 4.78 is 37.5. The third-order valence-corrected chi connectivity index (χ3v) is 7.44. The van der Waals surface area contributed by atoms with E-state index >= 15 is 0 Å². The molecule has 0 saturated carbocycles. The first-order valence-electron chi connectivity index (χ1n) is 9.78. The molecule has 0 aliphatic carbocycles. The fourth-order valence-corrected chi connectivity index (χ4v) is 5.44. The van der Waals surface area contributed by atoms with Crippen molar-refractivity contribution in [3.63, 3.8) is 0 Å². The van der Waals surface area contributed by atoms with Crippen LogP contribution in [0.3, 0.4) is 0 Å². The number of rotatable bonds is 7. The first kappa shape index (κ1) is 23.1. The minimum Gasteiger partial charge on any atom is -0.497 e. The highest BCUT2D eigenvalue weighted by Gasteiger charge is 2.32. The molecule has 3 rings (SSSR count). The zero-order valence-corrected chi connectivity index (χ0v) is 19.1. The Kier molecular flexibility index (Phi) is 6.45. The van der Waals surface area contributed by atoms with E-state index in [-0.39, 0.29) is 33.0 Å². The van der Waals surface area contributed by atoms with Crippen LogP contribution in [0.15, 0.2) is 58.3 Å². The van der Waals surface area contributed by atoms with Gasteiger partial charge < -0.3 is 20.3 Å². The van der Waals surface area contributed by atoms with Crippen molar-refractivity contribution in [3.8, 4) is 11.5 Å². The Morgan fingerprint density at radius 3 is 2.16 bits per heavy atom. The molecular formula is C24H25NO6S. The standard InChI is InChI=1S/C24H25NO6S/c1-14-20(13-16-6-5-7-18(12-16)31-4)21(24(26)27)23(15(2)22(14)25)32(28,29)19-10-8-17(30-3)9-11-19/h5-12H,13,25H2,1-4H3,(H,26,27). The Balaban J connectivity index is 2.29. The summed E-state index contributed by atoms with van der Waals surface area (Å²) in [5, 5.41) is 10.1. The summed E-state index contributed by atoms with van der Waals surface area (Å²) in [4.78, 5) is 12.1. The zero-order chi connectivity index (χ0) is 23.6. The summed E-state index contributed by atoms with van der Waals surface area (Å²) in [5.74, 6) is -0.231. The van der Waals surface area contributed by atoms with Crippen molar-refractivity contribution in [1.29, 1.82) is 0 Å². The Hall–Kier alpha value is -3.52. The highest BCUT2D eigenvalue weighted by Crippen LogP contribution is 2.37. The highest BCUT2D eigenvalue weighted by molar-refractivity contribution is 7.91. The molecule has 3 N–H and O–H groups in total. The normalized spacial score (nSPS) is 11.2. The van der Waals surface area contributed by atoms with E-state index in [1.807, 2.05) is 6.07 Å². The molecule has 0 amide bonds. The number of sulfone groups is 1. The number of benzene rings is 3.